The number of anilines is 1. The van der Waals surface area contributed by atoms with Gasteiger partial charge in [0.25, 0.3) is 5.91 Å². The van der Waals surface area contributed by atoms with Crippen molar-refractivity contribution >= 4 is 21.4 Å². The van der Waals surface area contributed by atoms with Crippen molar-refractivity contribution in [2.75, 3.05) is 5.06 Å². The lowest BCUT2D eigenvalue weighted by Crippen LogP contribution is -2.31. The van der Waals surface area contributed by atoms with Crippen LogP contribution < -0.4 is 5.06 Å². The van der Waals surface area contributed by atoms with Crippen molar-refractivity contribution < 1.29 is 18.4 Å². The molecule has 3 rings (SSSR count). The van der Waals surface area contributed by atoms with Crippen LogP contribution in [0.25, 0.3) is 0 Å². The number of carbonyl (C=O) groups excluding carboxylic acids is 1. The third kappa shape index (κ3) is 2.32. The molecule has 0 aliphatic carbocycles. The summed E-state index contributed by atoms with van der Waals surface area (Å²) < 4.78 is 25.0. The van der Waals surface area contributed by atoms with Gasteiger partial charge in [-0.3, -0.25) is 10.0 Å². The molecule has 2 aromatic carbocycles. The normalized spacial score (nSPS) is 14.9. The van der Waals surface area contributed by atoms with Crippen molar-refractivity contribution in [3.8, 4) is 0 Å². The van der Waals surface area contributed by atoms with Crippen LogP contribution in [0.4, 0.5) is 5.69 Å². The van der Waals surface area contributed by atoms with Gasteiger partial charge in [-0.05, 0) is 42.3 Å². The van der Waals surface area contributed by atoms with Crippen molar-refractivity contribution in [3.63, 3.8) is 0 Å². The van der Waals surface area contributed by atoms with Crippen LogP contribution in [0.15, 0.2) is 58.3 Å². The Morgan fingerprint density at radius 3 is 2.38 bits per heavy atom. The summed E-state index contributed by atoms with van der Waals surface area (Å²) in [5.74, 6) is -0.388. The standard InChI is InChI=1S/C15H13NO4S/c17-15-9-6-11-10-13(7-8-14(11)16(15)18)21(19,20)12-4-2-1-3-5-12/h1-5,7-8,10,18H,6,9H2. The fraction of sp³-hybridized carbons (Fsp3) is 0.133. The zero-order chi connectivity index (χ0) is 15.0. The Kier molecular flexibility index (Phi) is 3.27. The SMILES string of the molecule is O=C1CCc2cc(S(=O)(=O)c3ccccc3)ccc2N1O. The minimum atomic E-state index is -3.59. The van der Waals surface area contributed by atoms with Crippen molar-refractivity contribution in [1.29, 1.82) is 0 Å². The van der Waals surface area contributed by atoms with Gasteiger partial charge < -0.3 is 0 Å². The Morgan fingerprint density at radius 2 is 1.67 bits per heavy atom. The van der Waals surface area contributed by atoms with Gasteiger partial charge in [0.2, 0.25) is 9.84 Å². The molecule has 6 heteroatoms. The zero-order valence-electron chi connectivity index (χ0n) is 11.1. The molecule has 0 bridgehead atoms. The topological polar surface area (TPSA) is 74.7 Å². The first-order chi connectivity index (χ1) is 10.00. The quantitative estimate of drug-likeness (QED) is 0.863. The molecule has 0 radical (unpaired) electrons. The van der Waals surface area contributed by atoms with E-state index in [1.165, 1.54) is 30.3 Å². The molecule has 0 unspecified atom stereocenters. The molecular weight excluding hydrogens is 290 g/mol. The third-order valence-electron chi connectivity index (χ3n) is 3.49. The summed E-state index contributed by atoms with van der Waals surface area (Å²) in [5, 5.41) is 10.3. The van der Waals surface area contributed by atoms with E-state index in [0.717, 1.165) is 0 Å². The maximum atomic E-state index is 12.5. The van der Waals surface area contributed by atoms with E-state index in [0.29, 0.717) is 22.7 Å². The second-order valence-corrected chi connectivity index (χ2v) is 6.76. The molecule has 0 saturated heterocycles. The number of rotatable bonds is 2. The van der Waals surface area contributed by atoms with Crippen LogP contribution in [0.3, 0.4) is 0 Å². The van der Waals surface area contributed by atoms with Crippen LogP contribution in [-0.4, -0.2) is 19.5 Å². The molecule has 108 valence electrons. The van der Waals surface area contributed by atoms with Crippen molar-refractivity contribution in [3.05, 3.63) is 54.1 Å². The summed E-state index contributed by atoms with van der Waals surface area (Å²) in [5.41, 5.74) is 0.993. The molecule has 0 spiro atoms. The van der Waals surface area contributed by atoms with E-state index in [9.17, 15) is 18.4 Å². The molecule has 2 aromatic rings. The number of carbonyl (C=O) groups is 1. The number of hydrogen-bond donors (Lipinski definition) is 1. The number of hydroxylamine groups is 1. The van der Waals surface area contributed by atoms with E-state index < -0.39 is 9.84 Å². The van der Waals surface area contributed by atoms with Crippen molar-refractivity contribution in [1.82, 2.24) is 0 Å². The van der Waals surface area contributed by atoms with E-state index in [1.807, 2.05) is 0 Å². The number of hydrogen-bond acceptors (Lipinski definition) is 4. The number of nitrogens with zero attached hydrogens (tertiary/aromatic N) is 1. The molecule has 0 saturated carbocycles. The van der Waals surface area contributed by atoms with Gasteiger partial charge in [-0.1, -0.05) is 18.2 Å². The Labute approximate surface area is 122 Å². The number of fused-ring (bicyclic) bond motifs is 1. The van der Waals surface area contributed by atoms with Gasteiger partial charge in [-0.2, -0.15) is 5.06 Å². The lowest BCUT2D eigenvalue weighted by atomic mass is 10.0. The summed E-state index contributed by atoms with van der Waals surface area (Å²) in [6, 6.07) is 12.5. The van der Waals surface area contributed by atoms with Crippen LogP contribution >= 0.6 is 0 Å². The summed E-state index contributed by atoms with van der Waals surface area (Å²) in [6.07, 6.45) is 0.585. The molecule has 0 aromatic heterocycles. The summed E-state index contributed by atoms with van der Waals surface area (Å²) in [4.78, 5) is 11.8. The molecular formula is C15H13NO4S. The van der Waals surface area contributed by atoms with E-state index in [-0.39, 0.29) is 22.1 Å². The van der Waals surface area contributed by atoms with E-state index in [4.69, 9.17) is 0 Å². The second kappa shape index (κ2) is 4.98. The first-order valence-electron chi connectivity index (χ1n) is 6.45. The summed E-state index contributed by atoms with van der Waals surface area (Å²) >= 11 is 0. The van der Waals surface area contributed by atoms with Crippen LogP contribution in [0.5, 0.6) is 0 Å². The van der Waals surface area contributed by atoms with Crippen LogP contribution in [-0.2, 0) is 21.1 Å². The van der Waals surface area contributed by atoms with Gasteiger partial charge in [0.15, 0.2) is 0 Å². The highest BCUT2D eigenvalue weighted by atomic mass is 32.2. The lowest BCUT2D eigenvalue weighted by Gasteiger charge is -2.23. The van der Waals surface area contributed by atoms with Gasteiger partial charge in [-0.15, -0.1) is 0 Å². The van der Waals surface area contributed by atoms with Gasteiger partial charge in [0, 0.05) is 6.42 Å². The first-order valence-corrected chi connectivity index (χ1v) is 7.93. The molecule has 0 fully saturated rings. The van der Waals surface area contributed by atoms with Crippen molar-refractivity contribution in [2.24, 2.45) is 0 Å². The summed E-state index contributed by atoms with van der Waals surface area (Å²) in [7, 11) is -3.59. The largest absolute Gasteiger partial charge is 0.281 e. The molecule has 1 aliphatic rings. The van der Waals surface area contributed by atoms with Gasteiger partial charge in [-0.25, -0.2) is 8.42 Å². The number of amides is 1. The first kappa shape index (κ1) is 13.8. The smallest absolute Gasteiger partial charge is 0.251 e. The minimum Gasteiger partial charge on any atom is -0.281 e. The van der Waals surface area contributed by atoms with Crippen LogP contribution in [0.2, 0.25) is 0 Å². The second-order valence-electron chi connectivity index (χ2n) is 4.81. The van der Waals surface area contributed by atoms with Gasteiger partial charge >= 0.3 is 0 Å². The Balaban J connectivity index is 2.08. The van der Waals surface area contributed by atoms with Gasteiger partial charge in [0.05, 0.1) is 15.5 Å². The van der Waals surface area contributed by atoms with Crippen LogP contribution in [0, 0.1) is 0 Å². The molecule has 1 aliphatic heterocycles. The molecule has 21 heavy (non-hydrogen) atoms. The maximum Gasteiger partial charge on any atom is 0.251 e. The van der Waals surface area contributed by atoms with Gasteiger partial charge in [0.1, 0.15) is 0 Å². The lowest BCUT2D eigenvalue weighted by molar-refractivity contribution is -0.124. The molecule has 5 nitrogen and oxygen atoms in total. The predicted molar refractivity (Wildman–Crippen MR) is 75.9 cm³/mol. The Bertz CT molecular complexity index is 800. The van der Waals surface area contributed by atoms with E-state index in [1.54, 1.807) is 18.2 Å². The molecule has 1 heterocycles. The Morgan fingerprint density at radius 1 is 0.952 bits per heavy atom. The van der Waals surface area contributed by atoms with Crippen LogP contribution in [0.1, 0.15) is 12.0 Å². The minimum absolute atomic E-state index is 0.162. The number of sulfone groups is 1. The highest BCUT2D eigenvalue weighted by Crippen LogP contribution is 2.30. The highest BCUT2D eigenvalue weighted by Gasteiger charge is 2.25. The number of aryl methyl sites for hydroxylation is 1. The third-order valence-corrected chi connectivity index (χ3v) is 5.25. The fourth-order valence-electron chi connectivity index (χ4n) is 2.35. The molecule has 1 amide bonds. The Hall–Kier alpha value is -2.18. The fourth-order valence-corrected chi connectivity index (χ4v) is 3.69. The maximum absolute atomic E-state index is 12.5. The molecule has 1 N–H and O–H groups in total. The monoisotopic (exact) mass is 303 g/mol. The zero-order valence-corrected chi connectivity index (χ0v) is 11.9. The predicted octanol–water partition coefficient (Wildman–Crippen LogP) is 2.19. The van der Waals surface area contributed by atoms with E-state index >= 15 is 0 Å². The van der Waals surface area contributed by atoms with Crippen molar-refractivity contribution in [2.45, 2.75) is 22.6 Å². The highest BCUT2D eigenvalue weighted by molar-refractivity contribution is 7.91. The number of benzene rings is 2. The average Bonchev–Trinajstić information content (AvgIpc) is 2.51. The average molecular weight is 303 g/mol. The van der Waals surface area contributed by atoms with E-state index in [2.05, 4.69) is 0 Å². The molecule has 0 atom stereocenters. The summed E-state index contributed by atoms with van der Waals surface area (Å²) in [6.45, 7) is 0.